The Hall–Kier alpha value is -1.06. The summed E-state index contributed by atoms with van der Waals surface area (Å²) < 4.78 is 10.8. The first-order valence-electron chi connectivity index (χ1n) is 5.71. The molecule has 1 aromatic heterocycles. The van der Waals surface area contributed by atoms with E-state index in [9.17, 15) is 0 Å². The molecular formula is C13H21NO2. The summed E-state index contributed by atoms with van der Waals surface area (Å²) in [4.78, 5) is 0. The smallest absolute Gasteiger partial charge is 0.123 e. The number of hydrogen-bond acceptors (Lipinski definition) is 3. The van der Waals surface area contributed by atoms with Crippen LogP contribution in [0.4, 0.5) is 0 Å². The first kappa shape index (κ1) is 13.0. The summed E-state index contributed by atoms with van der Waals surface area (Å²) in [5, 5.41) is 3.36. The Morgan fingerprint density at radius 1 is 1.56 bits per heavy atom. The van der Waals surface area contributed by atoms with Crippen LogP contribution in [0.1, 0.15) is 30.7 Å². The minimum absolute atomic E-state index is 0.234. The van der Waals surface area contributed by atoms with Crippen molar-refractivity contribution in [2.75, 3.05) is 19.8 Å². The van der Waals surface area contributed by atoms with Gasteiger partial charge in [-0.3, -0.25) is 0 Å². The maximum Gasteiger partial charge on any atom is 0.123 e. The molecule has 0 aliphatic heterocycles. The molecule has 1 heterocycles. The van der Waals surface area contributed by atoms with Crippen molar-refractivity contribution in [2.24, 2.45) is 0 Å². The van der Waals surface area contributed by atoms with Gasteiger partial charge in [-0.25, -0.2) is 0 Å². The van der Waals surface area contributed by atoms with Gasteiger partial charge in [-0.15, -0.1) is 6.58 Å². The molecule has 16 heavy (non-hydrogen) atoms. The second-order valence-electron chi connectivity index (χ2n) is 3.83. The highest BCUT2D eigenvalue weighted by atomic mass is 16.5. The van der Waals surface area contributed by atoms with Crippen molar-refractivity contribution < 1.29 is 9.15 Å². The lowest BCUT2D eigenvalue weighted by Crippen LogP contribution is -2.23. The normalized spacial score (nSPS) is 12.6. The van der Waals surface area contributed by atoms with Crippen molar-refractivity contribution in [1.82, 2.24) is 5.32 Å². The van der Waals surface area contributed by atoms with E-state index in [1.165, 1.54) is 5.56 Å². The van der Waals surface area contributed by atoms with E-state index < -0.39 is 0 Å². The third-order valence-corrected chi connectivity index (χ3v) is 2.46. The maximum atomic E-state index is 5.41. The van der Waals surface area contributed by atoms with Gasteiger partial charge in [0.25, 0.3) is 0 Å². The predicted molar refractivity (Wildman–Crippen MR) is 65.5 cm³/mol. The standard InChI is InChI=1S/C13H21NO2/c1-4-5-8-15-10-7-14-12(3)13-11(2)6-9-16-13/h4,6,9,12,14H,1,5,7-8,10H2,2-3H3. The molecule has 0 bridgehead atoms. The van der Waals surface area contributed by atoms with Gasteiger partial charge in [-0.05, 0) is 31.9 Å². The summed E-state index contributed by atoms with van der Waals surface area (Å²) in [7, 11) is 0. The number of ether oxygens (including phenoxy) is 1. The SMILES string of the molecule is C=CCCOCCNC(C)c1occc1C. The Kier molecular flexibility index (Phi) is 5.90. The van der Waals surface area contributed by atoms with Gasteiger partial charge >= 0.3 is 0 Å². The topological polar surface area (TPSA) is 34.4 Å². The lowest BCUT2D eigenvalue weighted by Gasteiger charge is -2.12. The van der Waals surface area contributed by atoms with E-state index in [4.69, 9.17) is 9.15 Å². The summed E-state index contributed by atoms with van der Waals surface area (Å²) in [6.45, 7) is 10.1. The monoisotopic (exact) mass is 223 g/mol. The lowest BCUT2D eigenvalue weighted by atomic mass is 10.2. The van der Waals surface area contributed by atoms with Crippen LogP contribution in [0.25, 0.3) is 0 Å². The molecule has 1 aromatic rings. The number of furan rings is 1. The van der Waals surface area contributed by atoms with E-state index in [-0.39, 0.29) is 6.04 Å². The van der Waals surface area contributed by atoms with Gasteiger partial charge < -0.3 is 14.5 Å². The molecule has 0 aliphatic rings. The minimum Gasteiger partial charge on any atom is -0.467 e. The van der Waals surface area contributed by atoms with Gasteiger partial charge in [0, 0.05) is 6.54 Å². The number of aryl methyl sites for hydroxylation is 1. The van der Waals surface area contributed by atoms with Gasteiger partial charge in [0.05, 0.1) is 25.5 Å². The van der Waals surface area contributed by atoms with E-state index >= 15 is 0 Å². The van der Waals surface area contributed by atoms with Crippen molar-refractivity contribution in [2.45, 2.75) is 26.3 Å². The molecule has 0 amide bonds. The highest BCUT2D eigenvalue weighted by Gasteiger charge is 2.10. The fraction of sp³-hybridized carbons (Fsp3) is 0.538. The zero-order valence-electron chi connectivity index (χ0n) is 10.2. The number of hydrogen-bond donors (Lipinski definition) is 1. The summed E-state index contributed by atoms with van der Waals surface area (Å²) in [6.07, 6.45) is 4.50. The largest absolute Gasteiger partial charge is 0.467 e. The van der Waals surface area contributed by atoms with Crippen LogP contribution in [0, 0.1) is 6.92 Å². The Labute approximate surface area is 97.5 Å². The lowest BCUT2D eigenvalue weighted by molar-refractivity contribution is 0.138. The molecule has 3 heteroatoms. The van der Waals surface area contributed by atoms with Crippen LogP contribution in [-0.4, -0.2) is 19.8 Å². The summed E-state index contributed by atoms with van der Waals surface area (Å²) in [5.74, 6) is 1.01. The first-order chi connectivity index (χ1) is 7.75. The average Bonchev–Trinajstić information content (AvgIpc) is 2.69. The van der Waals surface area contributed by atoms with Crippen LogP contribution >= 0.6 is 0 Å². The molecule has 3 nitrogen and oxygen atoms in total. The molecule has 0 saturated heterocycles. The molecule has 1 atom stereocenters. The third kappa shape index (κ3) is 4.21. The van der Waals surface area contributed by atoms with E-state index in [2.05, 4.69) is 25.7 Å². The zero-order valence-corrected chi connectivity index (χ0v) is 10.2. The highest BCUT2D eigenvalue weighted by Crippen LogP contribution is 2.17. The van der Waals surface area contributed by atoms with Crippen molar-refractivity contribution >= 4 is 0 Å². The Morgan fingerprint density at radius 3 is 3.00 bits per heavy atom. The van der Waals surface area contributed by atoms with Gasteiger partial charge in [-0.2, -0.15) is 0 Å². The van der Waals surface area contributed by atoms with Crippen molar-refractivity contribution in [3.8, 4) is 0 Å². The second-order valence-corrected chi connectivity index (χ2v) is 3.83. The zero-order chi connectivity index (χ0) is 11.8. The van der Waals surface area contributed by atoms with Gasteiger partial charge in [0.15, 0.2) is 0 Å². The van der Waals surface area contributed by atoms with Crippen LogP contribution in [0.2, 0.25) is 0 Å². The maximum absolute atomic E-state index is 5.41. The van der Waals surface area contributed by atoms with Crippen LogP contribution in [0.3, 0.4) is 0 Å². The van der Waals surface area contributed by atoms with Crippen molar-refractivity contribution in [1.29, 1.82) is 0 Å². The van der Waals surface area contributed by atoms with Crippen molar-refractivity contribution in [3.63, 3.8) is 0 Å². The fourth-order valence-corrected chi connectivity index (χ4v) is 1.54. The fourth-order valence-electron chi connectivity index (χ4n) is 1.54. The third-order valence-electron chi connectivity index (χ3n) is 2.46. The quantitative estimate of drug-likeness (QED) is 0.543. The van der Waals surface area contributed by atoms with Crippen LogP contribution in [0.5, 0.6) is 0 Å². The molecular weight excluding hydrogens is 202 g/mol. The van der Waals surface area contributed by atoms with E-state index in [0.29, 0.717) is 0 Å². The summed E-state index contributed by atoms with van der Waals surface area (Å²) in [5.41, 5.74) is 1.19. The first-order valence-corrected chi connectivity index (χ1v) is 5.71. The average molecular weight is 223 g/mol. The number of rotatable bonds is 8. The highest BCUT2D eigenvalue weighted by molar-refractivity contribution is 5.17. The van der Waals surface area contributed by atoms with Crippen LogP contribution in [-0.2, 0) is 4.74 Å². The van der Waals surface area contributed by atoms with Gasteiger partial charge in [0.2, 0.25) is 0 Å². The Bertz CT molecular complexity index is 307. The molecule has 0 aliphatic carbocycles. The molecule has 0 radical (unpaired) electrons. The number of nitrogens with one attached hydrogen (secondary N) is 1. The Morgan fingerprint density at radius 2 is 2.38 bits per heavy atom. The van der Waals surface area contributed by atoms with Crippen LogP contribution in [0.15, 0.2) is 29.4 Å². The summed E-state index contributed by atoms with van der Waals surface area (Å²) in [6, 6.07) is 2.21. The molecule has 90 valence electrons. The van der Waals surface area contributed by atoms with Gasteiger partial charge in [-0.1, -0.05) is 6.08 Å². The minimum atomic E-state index is 0.234. The predicted octanol–water partition coefficient (Wildman–Crippen LogP) is 2.83. The van der Waals surface area contributed by atoms with E-state index in [1.807, 2.05) is 12.1 Å². The molecule has 0 aromatic carbocycles. The van der Waals surface area contributed by atoms with E-state index in [0.717, 1.165) is 31.9 Å². The van der Waals surface area contributed by atoms with Crippen molar-refractivity contribution in [3.05, 3.63) is 36.3 Å². The second kappa shape index (κ2) is 7.25. The molecule has 0 spiro atoms. The van der Waals surface area contributed by atoms with Gasteiger partial charge in [0.1, 0.15) is 5.76 Å². The molecule has 1 N–H and O–H groups in total. The molecule has 1 unspecified atom stereocenters. The molecule has 0 saturated carbocycles. The molecule has 1 rings (SSSR count). The van der Waals surface area contributed by atoms with Crippen LogP contribution < -0.4 is 5.32 Å². The van der Waals surface area contributed by atoms with E-state index in [1.54, 1.807) is 6.26 Å². The Balaban J connectivity index is 2.13. The summed E-state index contributed by atoms with van der Waals surface area (Å²) >= 11 is 0. The molecule has 0 fully saturated rings.